The Hall–Kier alpha value is -1.09. The molecule has 90 valence electrons. The van der Waals surface area contributed by atoms with Gasteiger partial charge in [-0.1, -0.05) is 32.9 Å². The number of rotatable bonds is 7. The third kappa shape index (κ3) is 5.12. The maximum absolute atomic E-state index is 4.28. The summed E-state index contributed by atoms with van der Waals surface area (Å²) >= 11 is 0. The number of aryl methyl sites for hydroxylation is 1. The van der Waals surface area contributed by atoms with Crippen molar-refractivity contribution in [1.82, 2.24) is 15.1 Å². The van der Waals surface area contributed by atoms with E-state index in [-0.39, 0.29) is 0 Å². The highest BCUT2D eigenvalue weighted by Crippen LogP contribution is 2.02. The van der Waals surface area contributed by atoms with E-state index in [2.05, 4.69) is 49.5 Å². The molecule has 16 heavy (non-hydrogen) atoms. The van der Waals surface area contributed by atoms with Gasteiger partial charge >= 0.3 is 0 Å². The molecule has 0 atom stereocenters. The first-order valence-corrected chi connectivity index (χ1v) is 6.14. The Morgan fingerprint density at radius 2 is 2.31 bits per heavy atom. The minimum Gasteiger partial charge on any atom is -0.314 e. The number of hydrogen-bond donors (Lipinski definition) is 1. The fourth-order valence-corrected chi connectivity index (χ4v) is 1.49. The van der Waals surface area contributed by atoms with Crippen LogP contribution in [0.3, 0.4) is 0 Å². The van der Waals surface area contributed by atoms with Gasteiger partial charge in [0.2, 0.25) is 0 Å². The fourth-order valence-electron chi connectivity index (χ4n) is 1.49. The van der Waals surface area contributed by atoms with Gasteiger partial charge in [-0.3, -0.25) is 4.68 Å². The number of hydrogen-bond acceptors (Lipinski definition) is 2. The van der Waals surface area contributed by atoms with Crippen molar-refractivity contribution in [2.75, 3.05) is 6.54 Å². The molecule has 1 rings (SSSR count). The Morgan fingerprint density at radius 3 is 3.00 bits per heavy atom. The number of nitrogens with zero attached hydrogens (tertiary/aromatic N) is 2. The second-order valence-electron chi connectivity index (χ2n) is 4.34. The summed E-state index contributed by atoms with van der Waals surface area (Å²) in [5.74, 6) is 0. The van der Waals surface area contributed by atoms with Gasteiger partial charge in [0.1, 0.15) is 0 Å². The van der Waals surface area contributed by atoms with Crippen molar-refractivity contribution in [2.45, 2.75) is 46.2 Å². The van der Waals surface area contributed by atoms with Crippen LogP contribution in [-0.2, 0) is 6.54 Å². The summed E-state index contributed by atoms with van der Waals surface area (Å²) in [5, 5.41) is 7.67. The van der Waals surface area contributed by atoms with Crippen LogP contribution in [0.1, 0.15) is 39.2 Å². The van der Waals surface area contributed by atoms with Gasteiger partial charge in [0.15, 0.2) is 0 Å². The molecular formula is C13H23N3. The zero-order valence-corrected chi connectivity index (χ0v) is 10.6. The van der Waals surface area contributed by atoms with E-state index in [1.807, 2.05) is 10.9 Å². The third-order valence-electron chi connectivity index (χ3n) is 2.28. The second kappa shape index (κ2) is 7.23. The number of aromatic nitrogens is 2. The highest BCUT2D eigenvalue weighted by molar-refractivity contribution is 5.46. The third-order valence-corrected chi connectivity index (χ3v) is 2.28. The lowest BCUT2D eigenvalue weighted by Crippen LogP contribution is -2.23. The van der Waals surface area contributed by atoms with Crippen LogP contribution in [0.5, 0.6) is 0 Å². The van der Waals surface area contributed by atoms with Crippen molar-refractivity contribution in [1.29, 1.82) is 0 Å². The van der Waals surface area contributed by atoms with Gasteiger partial charge in [-0.25, -0.2) is 0 Å². The summed E-state index contributed by atoms with van der Waals surface area (Å²) in [7, 11) is 0. The quantitative estimate of drug-likeness (QED) is 0.717. The molecule has 0 aromatic carbocycles. The minimum absolute atomic E-state index is 0.570. The lowest BCUT2D eigenvalue weighted by Gasteiger charge is -2.04. The van der Waals surface area contributed by atoms with Crippen LogP contribution < -0.4 is 5.32 Å². The van der Waals surface area contributed by atoms with E-state index in [0.29, 0.717) is 6.04 Å². The van der Waals surface area contributed by atoms with Crippen LogP contribution in [0.2, 0.25) is 0 Å². The average Bonchev–Trinajstić information content (AvgIpc) is 2.65. The van der Waals surface area contributed by atoms with Gasteiger partial charge < -0.3 is 5.32 Å². The first kappa shape index (κ1) is 13.0. The van der Waals surface area contributed by atoms with Crippen molar-refractivity contribution < 1.29 is 0 Å². The topological polar surface area (TPSA) is 29.9 Å². The van der Waals surface area contributed by atoms with Gasteiger partial charge in [-0.2, -0.15) is 5.10 Å². The molecule has 0 aliphatic rings. The van der Waals surface area contributed by atoms with Gasteiger partial charge in [-0.05, 0) is 19.4 Å². The van der Waals surface area contributed by atoms with E-state index in [1.165, 1.54) is 5.56 Å². The molecule has 1 heterocycles. The van der Waals surface area contributed by atoms with Crippen LogP contribution >= 0.6 is 0 Å². The predicted octanol–water partition coefficient (Wildman–Crippen LogP) is 2.69. The molecule has 0 fully saturated rings. The maximum atomic E-state index is 4.28. The molecule has 0 bridgehead atoms. The van der Waals surface area contributed by atoms with E-state index >= 15 is 0 Å². The zero-order chi connectivity index (χ0) is 11.8. The Balaban J connectivity index is 2.26. The SMILES string of the molecule is CCCn1cc(C=CCCNC(C)C)cn1. The van der Waals surface area contributed by atoms with Gasteiger partial charge in [-0.15, -0.1) is 0 Å². The maximum Gasteiger partial charge on any atom is 0.0562 e. The molecule has 0 spiro atoms. The lowest BCUT2D eigenvalue weighted by atomic mass is 10.3. The van der Waals surface area contributed by atoms with Crippen LogP contribution in [0.4, 0.5) is 0 Å². The average molecular weight is 221 g/mol. The molecule has 0 unspecified atom stereocenters. The van der Waals surface area contributed by atoms with Crippen LogP contribution in [0.25, 0.3) is 6.08 Å². The predicted molar refractivity (Wildman–Crippen MR) is 69.3 cm³/mol. The van der Waals surface area contributed by atoms with Crippen LogP contribution in [-0.4, -0.2) is 22.4 Å². The largest absolute Gasteiger partial charge is 0.314 e. The molecular weight excluding hydrogens is 198 g/mol. The molecule has 3 heteroatoms. The zero-order valence-electron chi connectivity index (χ0n) is 10.6. The highest BCUT2D eigenvalue weighted by Gasteiger charge is 1.93. The molecule has 1 aromatic heterocycles. The summed E-state index contributed by atoms with van der Waals surface area (Å²) < 4.78 is 1.99. The Kier molecular flexibility index (Phi) is 5.86. The van der Waals surface area contributed by atoms with Crippen molar-refractivity contribution in [2.24, 2.45) is 0 Å². The smallest absolute Gasteiger partial charge is 0.0562 e. The van der Waals surface area contributed by atoms with Gasteiger partial charge in [0, 0.05) is 24.3 Å². The van der Waals surface area contributed by atoms with Crippen molar-refractivity contribution in [3.8, 4) is 0 Å². The molecule has 0 aliphatic heterocycles. The van der Waals surface area contributed by atoms with E-state index < -0.39 is 0 Å². The Bertz CT molecular complexity index is 313. The molecule has 3 nitrogen and oxygen atoms in total. The minimum atomic E-state index is 0.570. The Morgan fingerprint density at radius 1 is 1.50 bits per heavy atom. The second-order valence-corrected chi connectivity index (χ2v) is 4.34. The van der Waals surface area contributed by atoms with Gasteiger partial charge in [0.25, 0.3) is 0 Å². The van der Waals surface area contributed by atoms with Crippen LogP contribution in [0, 0.1) is 0 Å². The summed E-state index contributed by atoms with van der Waals surface area (Å²) in [6.07, 6.45) is 10.5. The summed E-state index contributed by atoms with van der Waals surface area (Å²) in [6, 6.07) is 0.570. The lowest BCUT2D eigenvalue weighted by molar-refractivity contribution is 0.595. The molecule has 1 N–H and O–H groups in total. The van der Waals surface area contributed by atoms with E-state index in [1.54, 1.807) is 0 Å². The standard InChI is InChI=1S/C13H23N3/c1-4-9-16-11-13(10-15-16)7-5-6-8-14-12(2)3/h5,7,10-12,14H,4,6,8-9H2,1-3H3. The molecule has 0 saturated heterocycles. The van der Waals surface area contributed by atoms with Crippen molar-refractivity contribution in [3.63, 3.8) is 0 Å². The number of nitrogens with one attached hydrogen (secondary N) is 1. The molecule has 0 aliphatic carbocycles. The van der Waals surface area contributed by atoms with Crippen molar-refractivity contribution >= 4 is 6.08 Å². The summed E-state index contributed by atoms with van der Waals surface area (Å²) in [6.45, 7) is 8.53. The fraction of sp³-hybridized carbons (Fsp3) is 0.615. The molecule has 0 amide bonds. The highest BCUT2D eigenvalue weighted by atomic mass is 15.3. The van der Waals surface area contributed by atoms with E-state index in [4.69, 9.17) is 0 Å². The normalized spacial score (nSPS) is 11.8. The van der Waals surface area contributed by atoms with E-state index in [0.717, 1.165) is 25.9 Å². The molecule has 0 radical (unpaired) electrons. The molecule has 0 saturated carbocycles. The van der Waals surface area contributed by atoms with Gasteiger partial charge in [0.05, 0.1) is 6.20 Å². The van der Waals surface area contributed by atoms with Crippen LogP contribution in [0.15, 0.2) is 18.5 Å². The monoisotopic (exact) mass is 221 g/mol. The van der Waals surface area contributed by atoms with Crippen molar-refractivity contribution in [3.05, 3.63) is 24.0 Å². The Labute approximate surface area is 98.5 Å². The summed E-state index contributed by atoms with van der Waals surface area (Å²) in [4.78, 5) is 0. The van der Waals surface area contributed by atoms with E-state index in [9.17, 15) is 0 Å². The first-order chi connectivity index (χ1) is 7.72. The molecule has 1 aromatic rings. The first-order valence-electron chi connectivity index (χ1n) is 6.14. The summed E-state index contributed by atoms with van der Waals surface area (Å²) in [5.41, 5.74) is 1.19.